The van der Waals surface area contributed by atoms with Crippen molar-refractivity contribution < 1.29 is 0 Å². The lowest BCUT2D eigenvalue weighted by Crippen LogP contribution is -1.80. The predicted octanol–water partition coefficient (Wildman–Crippen LogP) is 2.89. The van der Waals surface area contributed by atoms with Crippen LogP contribution in [0.25, 0.3) is 0 Å². The molecule has 0 bridgehead atoms. The van der Waals surface area contributed by atoms with Crippen LogP contribution in [0.5, 0.6) is 0 Å². The van der Waals surface area contributed by atoms with Crippen molar-refractivity contribution in [2.75, 3.05) is 11.5 Å². The summed E-state index contributed by atoms with van der Waals surface area (Å²) in [6.45, 7) is 3.87. The largest absolute Gasteiger partial charge is 0.144 e. The molecule has 10 heavy (non-hydrogen) atoms. The van der Waals surface area contributed by atoms with Crippen molar-refractivity contribution in [3.63, 3.8) is 0 Å². The topological polar surface area (TPSA) is 0 Å². The van der Waals surface area contributed by atoms with Gasteiger partial charge in [0, 0.05) is 11.3 Å². The molecule has 0 saturated carbocycles. The zero-order valence-electron chi connectivity index (χ0n) is 6.28. The average Bonchev–Trinajstić information content (AvgIpc) is 1.98. The van der Waals surface area contributed by atoms with Gasteiger partial charge in [0.1, 0.15) is 0 Å². The third-order valence-electron chi connectivity index (χ3n) is 0.867. The van der Waals surface area contributed by atoms with Gasteiger partial charge in [-0.2, -0.15) is 0 Å². The molecule has 0 nitrogen and oxygen atoms in total. The number of hydrogen-bond acceptors (Lipinski definition) is 1. The van der Waals surface area contributed by atoms with E-state index in [2.05, 4.69) is 11.8 Å². The number of rotatable bonds is 3. The van der Waals surface area contributed by atoms with Crippen LogP contribution in [0.2, 0.25) is 0 Å². The summed E-state index contributed by atoms with van der Waals surface area (Å²) in [6, 6.07) is 0. The zero-order chi connectivity index (χ0) is 7.82. The van der Waals surface area contributed by atoms with Gasteiger partial charge in [-0.25, -0.2) is 0 Å². The van der Waals surface area contributed by atoms with Gasteiger partial charge < -0.3 is 0 Å². The highest BCUT2D eigenvalue weighted by Gasteiger charge is 1.86. The normalized spacial score (nSPS) is 10.5. The second-order valence-corrected chi connectivity index (χ2v) is 3.08. The van der Waals surface area contributed by atoms with Crippen LogP contribution in [0.3, 0.4) is 0 Å². The molecule has 0 amide bonds. The Morgan fingerprint density at radius 2 is 2.40 bits per heavy atom. The van der Waals surface area contributed by atoms with Crippen molar-refractivity contribution >= 4 is 23.4 Å². The summed E-state index contributed by atoms with van der Waals surface area (Å²) in [6.07, 6.45) is 0. The maximum atomic E-state index is 5.45. The lowest BCUT2D eigenvalue weighted by atomic mass is 10.4. The molecule has 56 valence electrons. The molecule has 0 N–H and O–H groups in total. The monoisotopic (exact) mass is 174 g/mol. The van der Waals surface area contributed by atoms with Crippen LogP contribution >= 0.6 is 23.4 Å². The van der Waals surface area contributed by atoms with E-state index in [1.807, 2.05) is 13.8 Å². The Morgan fingerprint density at radius 1 is 1.70 bits per heavy atom. The van der Waals surface area contributed by atoms with Gasteiger partial charge >= 0.3 is 0 Å². The first kappa shape index (κ1) is 9.94. The molecule has 0 radical (unpaired) electrons. The van der Waals surface area contributed by atoms with E-state index in [0.29, 0.717) is 0 Å². The summed E-state index contributed by atoms with van der Waals surface area (Å²) in [7, 11) is 0. The third-order valence-corrected chi connectivity index (χ3v) is 2.25. The lowest BCUT2D eigenvalue weighted by Gasteiger charge is -1.93. The first-order chi connectivity index (χ1) is 4.81. The van der Waals surface area contributed by atoms with E-state index < -0.39 is 0 Å². The molecular formula is C8H11ClS. The van der Waals surface area contributed by atoms with Crippen LogP contribution in [0.15, 0.2) is 11.1 Å². The maximum Gasteiger partial charge on any atom is 0.0550 e. The number of hydrogen-bond donors (Lipinski definition) is 0. The van der Waals surface area contributed by atoms with Crippen LogP contribution in [-0.4, -0.2) is 11.5 Å². The summed E-state index contributed by atoms with van der Waals surface area (Å²) >= 11 is 7.24. The van der Waals surface area contributed by atoms with Crippen LogP contribution < -0.4 is 0 Å². The Morgan fingerprint density at radius 3 is 2.90 bits per heavy atom. The van der Waals surface area contributed by atoms with Crippen molar-refractivity contribution in [1.29, 1.82) is 0 Å². The maximum absolute atomic E-state index is 5.45. The fraction of sp³-hybridized carbons (Fsp3) is 0.500. The van der Waals surface area contributed by atoms with E-state index in [9.17, 15) is 0 Å². The Labute approximate surface area is 72.0 Å². The summed E-state index contributed by atoms with van der Waals surface area (Å²) < 4.78 is 0. The molecule has 0 unspecified atom stereocenters. The fourth-order valence-electron chi connectivity index (χ4n) is 0.367. The van der Waals surface area contributed by atoms with E-state index >= 15 is 0 Å². The van der Waals surface area contributed by atoms with Gasteiger partial charge in [0.15, 0.2) is 0 Å². The zero-order valence-corrected chi connectivity index (χ0v) is 7.85. The van der Waals surface area contributed by atoms with Crippen molar-refractivity contribution in [3.05, 3.63) is 11.1 Å². The molecule has 0 saturated heterocycles. The van der Waals surface area contributed by atoms with Crippen LogP contribution in [-0.2, 0) is 0 Å². The van der Waals surface area contributed by atoms with E-state index in [-0.39, 0.29) is 0 Å². The van der Waals surface area contributed by atoms with Gasteiger partial charge in [-0.3, -0.25) is 0 Å². The number of halogens is 1. The highest BCUT2D eigenvalue weighted by Crippen LogP contribution is 2.06. The average molecular weight is 175 g/mol. The molecular weight excluding hydrogens is 164 g/mol. The van der Waals surface area contributed by atoms with Gasteiger partial charge in [0.25, 0.3) is 0 Å². The van der Waals surface area contributed by atoms with Crippen molar-refractivity contribution in [3.8, 4) is 11.8 Å². The lowest BCUT2D eigenvalue weighted by molar-refractivity contribution is 1.43. The highest BCUT2D eigenvalue weighted by atomic mass is 35.5. The molecule has 0 aromatic carbocycles. The first-order valence-corrected chi connectivity index (χ1v) is 4.63. The van der Waals surface area contributed by atoms with Gasteiger partial charge in [-0.1, -0.05) is 23.1 Å². The van der Waals surface area contributed by atoms with E-state index in [1.165, 1.54) is 5.57 Å². The minimum atomic E-state index is 0.901. The van der Waals surface area contributed by atoms with Crippen molar-refractivity contribution in [2.24, 2.45) is 0 Å². The molecule has 0 aromatic heterocycles. The van der Waals surface area contributed by atoms with Gasteiger partial charge in [-0.05, 0) is 13.8 Å². The molecule has 0 atom stereocenters. The minimum absolute atomic E-state index is 0.901. The molecule has 0 fully saturated rings. The molecule has 0 aromatic rings. The van der Waals surface area contributed by atoms with Gasteiger partial charge in [-0.15, -0.1) is 17.7 Å². The Hall–Kier alpha value is -0.0600. The summed E-state index contributed by atoms with van der Waals surface area (Å²) in [5, 5.41) is 0. The van der Waals surface area contributed by atoms with E-state index in [1.54, 1.807) is 17.3 Å². The first-order valence-electron chi connectivity index (χ1n) is 3.04. The minimum Gasteiger partial charge on any atom is -0.144 e. The molecule has 0 spiro atoms. The summed E-state index contributed by atoms with van der Waals surface area (Å²) in [5.41, 5.74) is 2.82. The van der Waals surface area contributed by atoms with Crippen LogP contribution in [0, 0.1) is 11.8 Å². The second kappa shape index (κ2) is 7.05. The third kappa shape index (κ3) is 6.07. The van der Waals surface area contributed by atoms with Gasteiger partial charge in [0.2, 0.25) is 0 Å². The molecule has 0 aliphatic carbocycles. The Bertz CT molecular complexity index is 162. The fourth-order valence-corrected chi connectivity index (χ4v) is 1.29. The smallest absolute Gasteiger partial charge is 0.0550 e. The Kier molecular flexibility index (Phi) is 7.01. The second-order valence-electron chi connectivity index (χ2n) is 1.88. The van der Waals surface area contributed by atoms with Crippen LogP contribution in [0.4, 0.5) is 0 Å². The SMILES string of the molecule is CC#CCSC/C(C)=C/Cl. The quantitative estimate of drug-likeness (QED) is 0.469. The van der Waals surface area contributed by atoms with E-state index in [4.69, 9.17) is 11.6 Å². The van der Waals surface area contributed by atoms with Crippen molar-refractivity contribution in [1.82, 2.24) is 0 Å². The molecule has 2 heteroatoms. The predicted molar refractivity (Wildman–Crippen MR) is 50.4 cm³/mol. The Balaban J connectivity index is 3.26. The summed E-state index contributed by atoms with van der Waals surface area (Å²) in [4.78, 5) is 0. The number of thioether (sulfide) groups is 1. The summed E-state index contributed by atoms with van der Waals surface area (Å²) in [5.74, 6) is 7.69. The molecule has 0 heterocycles. The van der Waals surface area contributed by atoms with Gasteiger partial charge in [0.05, 0.1) is 5.75 Å². The van der Waals surface area contributed by atoms with Crippen molar-refractivity contribution in [2.45, 2.75) is 13.8 Å². The standard InChI is InChI=1S/C8H11ClS/c1-3-4-5-10-7-8(2)6-9/h6H,5,7H2,1-2H3/b8-6+. The molecule has 0 aliphatic rings. The van der Waals surface area contributed by atoms with E-state index in [0.717, 1.165) is 11.5 Å². The molecule has 0 rings (SSSR count). The highest BCUT2D eigenvalue weighted by molar-refractivity contribution is 7.99. The molecule has 0 aliphatic heterocycles. The van der Waals surface area contributed by atoms with Crippen LogP contribution in [0.1, 0.15) is 13.8 Å².